The average molecular weight is 416 g/mol. The van der Waals surface area contributed by atoms with Gasteiger partial charge in [0.1, 0.15) is 10.6 Å². The van der Waals surface area contributed by atoms with Gasteiger partial charge in [0.15, 0.2) is 23.3 Å². The minimum absolute atomic E-state index is 0.118. The Labute approximate surface area is 161 Å². The average Bonchev–Trinajstić information content (AvgIpc) is 2.65. The van der Waals surface area contributed by atoms with Crippen molar-refractivity contribution in [3.05, 3.63) is 76.6 Å². The third-order valence-corrected chi connectivity index (χ3v) is 6.11. The molecule has 0 fully saturated rings. The van der Waals surface area contributed by atoms with Crippen LogP contribution >= 0.6 is 0 Å². The topological polar surface area (TPSA) is 37.3 Å². The van der Waals surface area contributed by atoms with Crippen LogP contribution in [0.25, 0.3) is 0 Å². The quantitative estimate of drug-likeness (QED) is 0.299. The monoisotopic (exact) mass is 416 g/mol. The lowest BCUT2D eigenvalue weighted by atomic mass is 9.94. The summed E-state index contributed by atoms with van der Waals surface area (Å²) in [5, 5.41) is 10.5. The number of hydrogen-bond donors (Lipinski definition) is 1. The van der Waals surface area contributed by atoms with E-state index in [2.05, 4.69) is 13.2 Å². The van der Waals surface area contributed by atoms with Gasteiger partial charge in [-0.2, -0.15) is 0 Å². The number of halogens is 5. The largest absolute Gasteiger partial charge is 0.507 e. The molecular weight excluding hydrogens is 399 g/mol. The van der Waals surface area contributed by atoms with Crippen LogP contribution in [-0.4, -0.2) is 9.32 Å². The number of hydrogen-bond acceptors (Lipinski definition) is 2. The fraction of sp³-hybridized carbons (Fsp3) is 0.200. The molecule has 1 atom stereocenters. The minimum atomic E-state index is -2.73. The van der Waals surface area contributed by atoms with Gasteiger partial charge in [-0.25, -0.2) is 26.2 Å². The fourth-order valence-electron chi connectivity index (χ4n) is 3.01. The highest BCUT2D eigenvalue weighted by Crippen LogP contribution is 2.38. The molecule has 0 bridgehead atoms. The molecule has 0 amide bonds. The molecule has 0 saturated heterocycles. The molecule has 1 N–H and O–H groups in total. The Balaban J connectivity index is 2.91. The summed E-state index contributed by atoms with van der Waals surface area (Å²) in [5.74, 6) is -11.1. The van der Waals surface area contributed by atoms with Gasteiger partial charge in [-0.3, -0.25) is 0 Å². The van der Waals surface area contributed by atoms with Crippen molar-refractivity contribution in [3.8, 4) is 5.75 Å². The molecule has 0 aliphatic rings. The minimum Gasteiger partial charge on any atom is -0.507 e. The highest BCUT2D eigenvalue weighted by Gasteiger charge is 2.32. The molecule has 0 saturated carbocycles. The standard InChI is InChI=1S/C20H17F5O2S/c1-5-7-11-9(3)19(10(4)12(8-6-2)18(11)26)28(27)20-16(24)14(22)13(21)15(23)17(20)25/h5-6,26H,1-2,7-8H2,3-4H3. The third kappa shape index (κ3) is 3.37. The van der Waals surface area contributed by atoms with E-state index < -0.39 is 44.8 Å². The summed E-state index contributed by atoms with van der Waals surface area (Å²) in [6.45, 7) is 10.0. The van der Waals surface area contributed by atoms with Gasteiger partial charge < -0.3 is 5.11 Å². The number of phenolic OH excluding ortho intramolecular Hbond substituents is 1. The smallest absolute Gasteiger partial charge is 0.200 e. The van der Waals surface area contributed by atoms with Crippen molar-refractivity contribution >= 4 is 10.8 Å². The zero-order chi connectivity index (χ0) is 21.3. The Morgan fingerprint density at radius 1 is 0.786 bits per heavy atom. The molecule has 0 heterocycles. The SMILES string of the molecule is C=CCc1c(C)c(S(=O)c2c(F)c(F)c(F)c(F)c2F)c(C)c(CC=C)c1O. The summed E-state index contributed by atoms with van der Waals surface area (Å²) in [5.41, 5.74) is 1.02. The van der Waals surface area contributed by atoms with Crippen LogP contribution in [0.3, 0.4) is 0 Å². The highest BCUT2D eigenvalue weighted by atomic mass is 32.2. The predicted octanol–water partition coefficient (Wildman–Crippen LogP) is 5.33. The van der Waals surface area contributed by atoms with Crippen LogP contribution in [0.5, 0.6) is 5.75 Å². The summed E-state index contributed by atoms with van der Waals surface area (Å²) in [6, 6.07) is 0. The van der Waals surface area contributed by atoms with Gasteiger partial charge in [-0.15, -0.1) is 13.2 Å². The highest BCUT2D eigenvalue weighted by molar-refractivity contribution is 7.85. The molecule has 0 aliphatic heterocycles. The Kier molecular flexibility index (Phi) is 6.44. The first-order chi connectivity index (χ1) is 13.1. The van der Waals surface area contributed by atoms with Crippen LogP contribution in [0.1, 0.15) is 22.3 Å². The first-order valence-corrected chi connectivity index (χ1v) is 9.23. The van der Waals surface area contributed by atoms with Gasteiger partial charge >= 0.3 is 0 Å². The van der Waals surface area contributed by atoms with E-state index in [1.54, 1.807) is 0 Å². The van der Waals surface area contributed by atoms with Crippen molar-refractivity contribution in [2.45, 2.75) is 36.5 Å². The molecule has 0 aromatic heterocycles. The van der Waals surface area contributed by atoms with Gasteiger partial charge in [-0.1, -0.05) is 12.2 Å². The first-order valence-electron chi connectivity index (χ1n) is 8.08. The zero-order valence-electron chi connectivity index (χ0n) is 15.1. The molecule has 2 aromatic carbocycles. The van der Waals surface area contributed by atoms with Gasteiger partial charge in [0.05, 0.1) is 15.7 Å². The lowest BCUT2D eigenvalue weighted by molar-refractivity contribution is 0.359. The van der Waals surface area contributed by atoms with Crippen LogP contribution in [0.2, 0.25) is 0 Å². The van der Waals surface area contributed by atoms with E-state index in [9.17, 15) is 31.3 Å². The first kappa shape index (κ1) is 21.8. The van der Waals surface area contributed by atoms with Crippen LogP contribution < -0.4 is 0 Å². The molecule has 8 heteroatoms. The van der Waals surface area contributed by atoms with Crippen molar-refractivity contribution in [2.24, 2.45) is 0 Å². The van der Waals surface area contributed by atoms with Crippen molar-refractivity contribution in [3.63, 3.8) is 0 Å². The Morgan fingerprint density at radius 2 is 1.14 bits per heavy atom. The number of benzene rings is 2. The van der Waals surface area contributed by atoms with E-state index in [0.717, 1.165) is 0 Å². The van der Waals surface area contributed by atoms with Gasteiger partial charge in [0.25, 0.3) is 0 Å². The fourth-order valence-corrected chi connectivity index (χ4v) is 4.52. The van der Waals surface area contributed by atoms with Gasteiger partial charge in [-0.05, 0) is 37.8 Å². The molecule has 0 aliphatic carbocycles. The molecule has 2 rings (SSSR count). The molecule has 28 heavy (non-hydrogen) atoms. The van der Waals surface area contributed by atoms with Crippen LogP contribution in [-0.2, 0) is 23.6 Å². The molecule has 150 valence electrons. The summed E-state index contributed by atoms with van der Waals surface area (Å²) < 4.78 is 81.9. The summed E-state index contributed by atoms with van der Waals surface area (Å²) >= 11 is 0. The van der Waals surface area contributed by atoms with Crippen molar-refractivity contribution in [2.75, 3.05) is 0 Å². The Hall–Kier alpha value is -2.48. The van der Waals surface area contributed by atoms with Crippen molar-refractivity contribution in [1.82, 2.24) is 0 Å². The van der Waals surface area contributed by atoms with E-state index in [1.165, 1.54) is 26.0 Å². The lowest BCUT2D eigenvalue weighted by Gasteiger charge is -2.20. The zero-order valence-corrected chi connectivity index (χ0v) is 16.0. The van der Waals surface area contributed by atoms with Crippen molar-refractivity contribution < 1.29 is 31.3 Å². The Morgan fingerprint density at radius 3 is 1.50 bits per heavy atom. The Bertz CT molecular complexity index is 949. The molecule has 1 unspecified atom stereocenters. The second kappa shape index (κ2) is 8.26. The number of aromatic hydroxyl groups is 1. The van der Waals surface area contributed by atoms with Crippen molar-refractivity contribution in [1.29, 1.82) is 0 Å². The molecule has 2 nitrogen and oxygen atoms in total. The van der Waals surface area contributed by atoms with Crippen LogP contribution in [0.15, 0.2) is 35.1 Å². The molecule has 0 radical (unpaired) electrons. The number of phenols is 1. The summed E-state index contributed by atoms with van der Waals surface area (Å²) in [7, 11) is -2.73. The van der Waals surface area contributed by atoms with E-state index in [4.69, 9.17) is 0 Å². The van der Waals surface area contributed by atoms with Crippen LogP contribution in [0.4, 0.5) is 22.0 Å². The van der Waals surface area contributed by atoms with E-state index in [1.807, 2.05) is 0 Å². The third-order valence-electron chi connectivity index (χ3n) is 4.40. The lowest BCUT2D eigenvalue weighted by Crippen LogP contribution is -2.12. The van der Waals surface area contributed by atoms with E-state index in [-0.39, 0.29) is 34.6 Å². The molecule has 0 spiro atoms. The predicted molar refractivity (Wildman–Crippen MR) is 96.3 cm³/mol. The number of allylic oxidation sites excluding steroid dienone is 2. The van der Waals surface area contributed by atoms with E-state index >= 15 is 0 Å². The maximum absolute atomic E-state index is 14.2. The second-order valence-corrected chi connectivity index (χ2v) is 7.39. The summed E-state index contributed by atoms with van der Waals surface area (Å²) in [6.07, 6.45) is 3.20. The maximum Gasteiger partial charge on any atom is 0.200 e. The molecular formula is C20H17F5O2S. The van der Waals surface area contributed by atoms with Gasteiger partial charge in [0.2, 0.25) is 5.82 Å². The summed E-state index contributed by atoms with van der Waals surface area (Å²) in [4.78, 5) is -1.56. The van der Waals surface area contributed by atoms with Crippen LogP contribution in [0, 0.1) is 42.9 Å². The van der Waals surface area contributed by atoms with Gasteiger partial charge in [0, 0.05) is 11.1 Å². The molecule has 2 aromatic rings. The number of rotatable bonds is 6. The maximum atomic E-state index is 14.2. The second-order valence-electron chi connectivity index (χ2n) is 6.04. The normalized spacial score (nSPS) is 12.1. The van der Waals surface area contributed by atoms with E-state index in [0.29, 0.717) is 11.1 Å².